The minimum Gasteiger partial charge on any atom is -0.402 e. The molecule has 0 aliphatic carbocycles. The SMILES string of the molecule is CC(=Nc1ccc(C#N)c(Cl)c1)/C(Cc1ccc(Br)cc1)=C(/C)N. The van der Waals surface area contributed by atoms with Gasteiger partial charge in [-0.1, -0.05) is 39.7 Å². The maximum atomic E-state index is 8.94. The van der Waals surface area contributed by atoms with Crippen molar-refractivity contribution in [2.24, 2.45) is 10.7 Å². The van der Waals surface area contributed by atoms with Gasteiger partial charge in [-0.2, -0.15) is 5.26 Å². The Bertz CT molecular complexity index is 842. The van der Waals surface area contributed by atoms with Crippen molar-refractivity contribution in [3.05, 3.63) is 74.4 Å². The van der Waals surface area contributed by atoms with Crippen molar-refractivity contribution in [1.82, 2.24) is 0 Å². The molecule has 0 heterocycles. The number of nitrogens with zero attached hydrogens (tertiary/aromatic N) is 2. The molecule has 5 heteroatoms. The van der Waals surface area contributed by atoms with Gasteiger partial charge < -0.3 is 5.73 Å². The van der Waals surface area contributed by atoms with E-state index in [1.54, 1.807) is 18.2 Å². The lowest BCUT2D eigenvalue weighted by molar-refractivity contribution is 1.13. The topological polar surface area (TPSA) is 62.2 Å². The Hall–Kier alpha value is -2.09. The third-order valence-electron chi connectivity index (χ3n) is 3.58. The van der Waals surface area contributed by atoms with E-state index in [1.807, 2.05) is 32.0 Å². The summed E-state index contributed by atoms with van der Waals surface area (Å²) in [5, 5.41) is 9.34. The average Bonchev–Trinajstić information content (AvgIpc) is 2.54. The van der Waals surface area contributed by atoms with Gasteiger partial charge in [0.1, 0.15) is 6.07 Å². The van der Waals surface area contributed by atoms with Gasteiger partial charge in [-0.3, -0.25) is 4.99 Å². The van der Waals surface area contributed by atoms with E-state index in [0.29, 0.717) is 22.7 Å². The molecule has 0 aliphatic rings. The zero-order chi connectivity index (χ0) is 17.7. The van der Waals surface area contributed by atoms with Gasteiger partial charge in [0.2, 0.25) is 0 Å². The Morgan fingerprint density at radius 1 is 1.21 bits per heavy atom. The Labute approximate surface area is 155 Å². The molecule has 2 N–H and O–H groups in total. The van der Waals surface area contributed by atoms with Crippen LogP contribution in [0.3, 0.4) is 0 Å². The smallest absolute Gasteiger partial charge is 0.101 e. The lowest BCUT2D eigenvalue weighted by Crippen LogP contribution is -2.09. The molecular formula is C19H17BrClN3. The highest BCUT2D eigenvalue weighted by Crippen LogP contribution is 2.24. The molecule has 0 radical (unpaired) electrons. The zero-order valence-electron chi connectivity index (χ0n) is 13.5. The Morgan fingerprint density at radius 2 is 1.88 bits per heavy atom. The van der Waals surface area contributed by atoms with Crippen LogP contribution in [-0.4, -0.2) is 5.71 Å². The minimum atomic E-state index is 0.398. The van der Waals surface area contributed by atoms with Crippen LogP contribution in [-0.2, 0) is 6.42 Å². The summed E-state index contributed by atoms with van der Waals surface area (Å²) in [5.41, 5.74) is 10.9. The van der Waals surface area contributed by atoms with E-state index in [0.717, 1.165) is 27.0 Å². The van der Waals surface area contributed by atoms with Crippen molar-refractivity contribution in [1.29, 1.82) is 5.26 Å². The number of nitrogens with two attached hydrogens (primary N) is 1. The fourth-order valence-electron chi connectivity index (χ4n) is 2.28. The number of rotatable bonds is 4. The molecule has 0 aliphatic heterocycles. The maximum Gasteiger partial charge on any atom is 0.101 e. The van der Waals surface area contributed by atoms with E-state index in [9.17, 15) is 0 Å². The van der Waals surface area contributed by atoms with Gasteiger partial charge in [-0.15, -0.1) is 0 Å². The summed E-state index contributed by atoms with van der Waals surface area (Å²) in [7, 11) is 0. The molecule has 0 amide bonds. The number of hydrogen-bond acceptors (Lipinski definition) is 3. The molecule has 0 bridgehead atoms. The first kappa shape index (κ1) is 18.3. The van der Waals surface area contributed by atoms with Gasteiger partial charge in [-0.05, 0) is 55.3 Å². The fourth-order valence-corrected chi connectivity index (χ4v) is 2.77. The lowest BCUT2D eigenvalue weighted by atomic mass is 10.00. The molecule has 2 aromatic rings. The molecule has 0 spiro atoms. The lowest BCUT2D eigenvalue weighted by Gasteiger charge is -2.11. The number of allylic oxidation sites excluding steroid dienone is 2. The molecule has 2 aromatic carbocycles. The van der Waals surface area contributed by atoms with E-state index in [2.05, 4.69) is 33.1 Å². The first-order valence-corrected chi connectivity index (χ1v) is 8.52. The molecule has 2 rings (SSSR count). The Kier molecular flexibility index (Phi) is 6.19. The van der Waals surface area contributed by atoms with Crippen LogP contribution < -0.4 is 5.73 Å². The van der Waals surface area contributed by atoms with Crippen molar-refractivity contribution in [3.63, 3.8) is 0 Å². The number of nitriles is 1. The summed E-state index contributed by atoms with van der Waals surface area (Å²) in [6.45, 7) is 3.80. The van der Waals surface area contributed by atoms with Crippen LogP contribution in [0, 0.1) is 11.3 Å². The van der Waals surface area contributed by atoms with Gasteiger partial charge in [0.25, 0.3) is 0 Å². The van der Waals surface area contributed by atoms with Gasteiger partial charge in [0, 0.05) is 22.3 Å². The van der Waals surface area contributed by atoms with Crippen LogP contribution in [0.5, 0.6) is 0 Å². The molecule has 0 saturated carbocycles. The second-order valence-corrected chi connectivity index (χ2v) is 6.76. The monoisotopic (exact) mass is 401 g/mol. The molecule has 122 valence electrons. The van der Waals surface area contributed by atoms with Gasteiger partial charge in [-0.25, -0.2) is 0 Å². The molecule has 3 nitrogen and oxygen atoms in total. The van der Waals surface area contributed by atoms with Crippen molar-refractivity contribution in [3.8, 4) is 6.07 Å². The molecular weight excluding hydrogens is 386 g/mol. The maximum absolute atomic E-state index is 8.94. The van der Waals surface area contributed by atoms with Crippen LogP contribution in [0.4, 0.5) is 5.69 Å². The predicted molar refractivity (Wildman–Crippen MR) is 104 cm³/mol. The molecule has 24 heavy (non-hydrogen) atoms. The number of hydrogen-bond donors (Lipinski definition) is 1. The van der Waals surface area contributed by atoms with Gasteiger partial charge >= 0.3 is 0 Å². The zero-order valence-corrected chi connectivity index (χ0v) is 15.8. The molecule has 0 aromatic heterocycles. The molecule has 0 atom stereocenters. The molecule has 0 unspecified atom stereocenters. The summed E-state index contributed by atoms with van der Waals surface area (Å²) in [5.74, 6) is 0. The Balaban J connectivity index is 2.31. The molecule has 0 saturated heterocycles. The summed E-state index contributed by atoms with van der Waals surface area (Å²) in [6.07, 6.45) is 0.703. The highest BCUT2D eigenvalue weighted by atomic mass is 79.9. The van der Waals surface area contributed by atoms with Crippen LogP contribution >= 0.6 is 27.5 Å². The van der Waals surface area contributed by atoms with Crippen molar-refractivity contribution >= 4 is 38.9 Å². The van der Waals surface area contributed by atoms with Crippen molar-refractivity contribution in [2.45, 2.75) is 20.3 Å². The van der Waals surface area contributed by atoms with E-state index in [1.165, 1.54) is 0 Å². The van der Waals surface area contributed by atoms with E-state index < -0.39 is 0 Å². The van der Waals surface area contributed by atoms with E-state index >= 15 is 0 Å². The third-order valence-corrected chi connectivity index (χ3v) is 4.42. The number of halogens is 2. The summed E-state index contributed by atoms with van der Waals surface area (Å²) < 4.78 is 1.04. The Morgan fingerprint density at radius 3 is 2.42 bits per heavy atom. The normalized spacial score (nSPS) is 12.5. The highest BCUT2D eigenvalue weighted by Gasteiger charge is 2.08. The first-order valence-electron chi connectivity index (χ1n) is 7.35. The van der Waals surface area contributed by atoms with Gasteiger partial charge in [0.15, 0.2) is 0 Å². The summed E-state index contributed by atoms with van der Waals surface area (Å²) in [6, 6.07) is 15.3. The first-order chi connectivity index (χ1) is 11.4. The second kappa shape index (κ2) is 8.14. The highest BCUT2D eigenvalue weighted by molar-refractivity contribution is 9.10. The quantitative estimate of drug-likeness (QED) is 0.682. The van der Waals surface area contributed by atoms with Gasteiger partial charge in [0.05, 0.1) is 16.3 Å². The van der Waals surface area contributed by atoms with Crippen molar-refractivity contribution in [2.75, 3.05) is 0 Å². The largest absolute Gasteiger partial charge is 0.402 e. The summed E-state index contributed by atoms with van der Waals surface area (Å²) >= 11 is 9.50. The standard InChI is InChI=1S/C19H17BrClN3/c1-12(23)18(9-14-3-6-16(20)7-4-14)13(2)24-17-8-5-15(11-22)19(21)10-17/h3-8,10H,9,23H2,1-2H3/b18-12-,24-13?. The third kappa shape index (κ3) is 4.70. The minimum absolute atomic E-state index is 0.398. The van der Waals surface area contributed by atoms with Crippen molar-refractivity contribution < 1.29 is 0 Å². The predicted octanol–water partition coefficient (Wildman–Crippen LogP) is 5.54. The van der Waals surface area contributed by atoms with E-state index in [4.69, 9.17) is 22.6 Å². The number of aliphatic imine (C=N–C) groups is 1. The van der Waals surface area contributed by atoms with Crippen LogP contribution in [0.2, 0.25) is 5.02 Å². The summed E-state index contributed by atoms with van der Waals surface area (Å²) in [4.78, 5) is 4.61. The van der Waals surface area contributed by atoms with Crippen LogP contribution in [0.1, 0.15) is 25.0 Å². The fraction of sp³-hybridized carbons (Fsp3) is 0.158. The second-order valence-electron chi connectivity index (χ2n) is 5.44. The average molecular weight is 403 g/mol. The molecule has 0 fully saturated rings. The van der Waals surface area contributed by atoms with Crippen LogP contribution in [0.15, 0.2) is 63.2 Å². The van der Waals surface area contributed by atoms with E-state index in [-0.39, 0.29) is 0 Å². The number of benzene rings is 2. The van der Waals surface area contributed by atoms with Crippen LogP contribution in [0.25, 0.3) is 0 Å².